The van der Waals surface area contributed by atoms with Crippen molar-refractivity contribution in [2.75, 3.05) is 19.7 Å². The van der Waals surface area contributed by atoms with Crippen molar-refractivity contribution in [3.63, 3.8) is 0 Å². The topological polar surface area (TPSA) is 51.7 Å². The summed E-state index contributed by atoms with van der Waals surface area (Å²) in [7, 11) is 0. The van der Waals surface area contributed by atoms with E-state index in [1.807, 2.05) is 18.2 Å². The van der Waals surface area contributed by atoms with E-state index < -0.39 is 17.2 Å². The molecule has 2 aromatic rings. The van der Waals surface area contributed by atoms with Crippen LogP contribution in [0.15, 0.2) is 36.5 Å². The van der Waals surface area contributed by atoms with Crippen LogP contribution in [0.1, 0.15) is 28.8 Å². The van der Waals surface area contributed by atoms with Crippen LogP contribution < -0.4 is 4.74 Å². The summed E-state index contributed by atoms with van der Waals surface area (Å²) in [5.41, 5.74) is 0.154. The van der Waals surface area contributed by atoms with Crippen LogP contribution in [0.2, 0.25) is 0 Å². The summed E-state index contributed by atoms with van der Waals surface area (Å²) in [6.45, 7) is 2.96. The summed E-state index contributed by atoms with van der Waals surface area (Å²) < 4.78 is 38.7. The molecule has 0 N–H and O–H groups in total. The Morgan fingerprint density at radius 1 is 1.30 bits per heavy atom. The molecule has 0 radical (unpaired) electrons. The van der Waals surface area contributed by atoms with Gasteiger partial charge in [0.25, 0.3) is 5.91 Å². The van der Waals surface area contributed by atoms with Crippen LogP contribution in [0, 0.1) is 18.6 Å². The predicted octanol–water partition coefficient (Wildman–Crippen LogP) is 3.12. The Morgan fingerprint density at radius 3 is 2.81 bits per heavy atom. The molecule has 2 aliphatic heterocycles. The van der Waals surface area contributed by atoms with Gasteiger partial charge in [0, 0.05) is 30.7 Å². The highest BCUT2D eigenvalue weighted by Gasteiger charge is 2.50. The van der Waals surface area contributed by atoms with Gasteiger partial charge in [-0.1, -0.05) is 6.07 Å². The third-order valence-corrected chi connectivity index (χ3v) is 5.12. The smallest absolute Gasteiger partial charge is 0.254 e. The van der Waals surface area contributed by atoms with E-state index in [-0.39, 0.29) is 17.6 Å². The maximum absolute atomic E-state index is 13.5. The van der Waals surface area contributed by atoms with Crippen LogP contribution in [0.4, 0.5) is 8.78 Å². The molecular weight excluding hydrogens is 354 g/mol. The van der Waals surface area contributed by atoms with Crippen molar-refractivity contribution >= 4 is 5.91 Å². The van der Waals surface area contributed by atoms with Gasteiger partial charge in [0.2, 0.25) is 5.88 Å². The third kappa shape index (κ3) is 3.51. The van der Waals surface area contributed by atoms with Gasteiger partial charge in [-0.3, -0.25) is 4.79 Å². The summed E-state index contributed by atoms with van der Waals surface area (Å²) >= 11 is 0. The van der Waals surface area contributed by atoms with E-state index in [1.165, 1.54) is 0 Å². The Balaban J connectivity index is 1.40. The molecule has 3 heterocycles. The molecule has 0 bridgehead atoms. The van der Waals surface area contributed by atoms with E-state index in [2.05, 4.69) is 4.98 Å². The Labute approximate surface area is 155 Å². The van der Waals surface area contributed by atoms with E-state index in [4.69, 9.17) is 9.47 Å². The molecule has 1 unspecified atom stereocenters. The second-order valence-corrected chi connectivity index (χ2v) is 7.17. The molecule has 1 aromatic heterocycles. The summed E-state index contributed by atoms with van der Waals surface area (Å²) in [4.78, 5) is 18.4. The van der Waals surface area contributed by atoms with Gasteiger partial charge < -0.3 is 14.4 Å². The number of carbonyl (C=O) groups is 1. The number of pyridine rings is 1. The average Bonchev–Trinajstić information content (AvgIpc) is 2.63. The van der Waals surface area contributed by atoms with Crippen LogP contribution in [0.25, 0.3) is 0 Å². The average molecular weight is 374 g/mol. The van der Waals surface area contributed by atoms with Gasteiger partial charge in [-0.25, -0.2) is 13.8 Å². The van der Waals surface area contributed by atoms with Crippen molar-refractivity contribution in [3.05, 3.63) is 59.3 Å². The van der Waals surface area contributed by atoms with E-state index in [0.717, 1.165) is 18.6 Å². The van der Waals surface area contributed by atoms with Crippen molar-refractivity contribution in [1.82, 2.24) is 9.88 Å². The zero-order chi connectivity index (χ0) is 19.0. The first-order chi connectivity index (χ1) is 13.0. The number of hydrogen-bond donors (Lipinski definition) is 0. The number of halogens is 2. The van der Waals surface area contributed by atoms with Crippen LogP contribution in [0.3, 0.4) is 0 Å². The van der Waals surface area contributed by atoms with Crippen LogP contribution in [0.5, 0.6) is 5.88 Å². The van der Waals surface area contributed by atoms with E-state index in [1.54, 1.807) is 18.0 Å². The SMILES string of the molecule is Cc1cc(F)c(F)cc1C(=O)N1CC2(CC(Oc3ccccn3)CCO2)C1. The minimum atomic E-state index is -1.02. The molecule has 4 rings (SSSR count). The van der Waals surface area contributed by atoms with E-state index >= 15 is 0 Å². The maximum atomic E-state index is 13.5. The number of ether oxygens (including phenoxy) is 2. The highest BCUT2D eigenvalue weighted by molar-refractivity contribution is 5.96. The maximum Gasteiger partial charge on any atom is 0.254 e. The molecule has 1 atom stereocenters. The second-order valence-electron chi connectivity index (χ2n) is 7.17. The molecule has 5 nitrogen and oxygen atoms in total. The number of aromatic nitrogens is 1. The number of nitrogens with zero attached hydrogens (tertiary/aromatic N) is 2. The quantitative estimate of drug-likeness (QED) is 0.828. The van der Waals surface area contributed by atoms with Crippen LogP contribution in [-0.2, 0) is 4.74 Å². The number of amides is 1. The molecule has 27 heavy (non-hydrogen) atoms. The van der Waals surface area contributed by atoms with Gasteiger partial charge in [-0.15, -0.1) is 0 Å². The van der Waals surface area contributed by atoms with Crippen molar-refractivity contribution < 1.29 is 23.0 Å². The monoisotopic (exact) mass is 374 g/mol. The zero-order valence-corrected chi connectivity index (χ0v) is 15.0. The fraction of sp³-hybridized carbons (Fsp3) is 0.400. The number of carbonyl (C=O) groups excluding carboxylic acids is 1. The number of hydrogen-bond acceptors (Lipinski definition) is 4. The summed E-state index contributed by atoms with van der Waals surface area (Å²) in [6, 6.07) is 7.52. The molecule has 1 aromatic carbocycles. The second kappa shape index (κ2) is 6.88. The summed E-state index contributed by atoms with van der Waals surface area (Å²) in [5.74, 6) is -1.70. The lowest BCUT2D eigenvalue weighted by atomic mass is 9.84. The standard InChI is InChI=1S/C20H20F2N2O3/c1-13-8-16(21)17(22)9-15(13)19(25)24-11-20(12-24)10-14(5-7-26-20)27-18-4-2-3-6-23-18/h2-4,6,8-9,14H,5,7,10-12H2,1H3. The highest BCUT2D eigenvalue weighted by atomic mass is 19.2. The molecule has 1 amide bonds. The molecule has 142 valence electrons. The lowest BCUT2D eigenvalue weighted by molar-refractivity contribution is -0.174. The molecule has 2 fully saturated rings. The number of likely N-dealkylation sites (tertiary alicyclic amines) is 1. The largest absolute Gasteiger partial charge is 0.474 e. The molecule has 2 saturated heterocycles. The van der Waals surface area contributed by atoms with Gasteiger partial charge in [0.05, 0.1) is 19.7 Å². The Kier molecular flexibility index (Phi) is 4.55. The van der Waals surface area contributed by atoms with Gasteiger partial charge >= 0.3 is 0 Å². The van der Waals surface area contributed by atoms with Crippen molar-refractivity contribution in [2.45, 2.75) is 31.5 Å². The van der Waals surface area contributed by atoms with Crippen molar-refractivity contribution in [3.8, 4) is 5.88 Å². The highest BCUT2D eigenvalue weighted by Crippen LogP contribution is 2.36. The van der Waals surface area contributed by atoms with E-state index in [9.17, 15) is 13.6 Å². The Hall–Kier alpha value is -2.54. The molecule has 7 heteroatoms. The van der Waals surface area contributed by atoms with Gasteiger partial charge in [-0.2, -0.15) is 0 Å². The van der Waals surface area contributed by atoms with Gasteiger partial charge in [0.1, 0.15) is 11.7 Å². The molecule has 2 aliphatic rings. The molecule has 0 aliphatic carbocycles. The van der Waals surface area contributed by atoms with Gasteiger partial charge in [0.15, 0.2) is 11.6 Å². The number of benzene rings is 1. The van der Waals surface area contributed by atoms with Crippen molar-refractivity contribution in [1.29, 1.82) is 0 Å². The molecular formula is C20H20F2N2O3. The first-order valence-electron chi connectivity index (χ1n) is 8.92. The first-order valence-corrected chi connectivity index (χ1v) is 8.92. The number of rotatable bonds is 3. The molecule has 0 saturated carbocycles. The zero-order valence-electron chi connectivity index (χ0n) is 15.0. The lowest BCUT2D eigenvalue weighted by Crippen LogP contribution is -2.67. The minimum absolute atomic E-state index is 0.0316. The van der Waals surface area contributed by atoms with Crippen molar-refractivity contribution in [2.24, 2.45) is 0 Å². The van der Waals surface area contributed by atoms with Gasteiger partial charge in [-0.05, 0) is 30.7 Å². The fourth-order valence-electron chi connectivity index (χ4n) is 3.73. The summed E-state index contributed by atoms with van der Waals surface area (Å²) in [6.07, 6.45) is 3.06. The minimum Gasteiger partial charge on any atom is -0.474 e. The molecule has 1 spiro atoms. The lowest BCUT2D eigenvalue weighted by Gasteiger charge is -2.52. The predicted molar refractivity (Wildman–Crippen MR) is 93.6 cm³/mol. The Bertz CT molecular complexity index is 854. The van der Waals surface area contributed by atoms with E-state index in [0.29, 0.717) is 37.6 Å². The Morgan fingerprint density at radius 2 is 2.07 bits per heavy atom. The van der Waals surface area contributed by atoms with Crippen LogP contribution >= 0.6 is 0 Å². The third-order valence-electron chi connectivity index (χ3n) is 5.12. The van der Waals surface area contributed by atoms with Crippen LogP contribution in [-0.4, -0.2) is 47.2 Å². The fourth-order valence-corrected chi connectivity index (χ4v) is 3.73. The summed E-state index contributed by atoms with van der Waals surface area (Å²) in [5, 5.41) is 0. The normalized spacial score (nSPS) is 21.0. The first kappa shape index (κ1) is 17.9. The number of aryl methyl sites for hydroxylation is 1.